The Morgan fingerprint density at radius 1 is 1.18 bits per heavy atom. The minimum Gasteiger partial charge on any atom is -0.470 e. The number of nitrogens with one attached hydrogen (secondary N) is 1. The van der Waals surface area contributed by atoms with E-state index in [1.54, 1.807) is 36.0 Å². The molecule has 1 aromatic carbocycles. The lowest BCUT2D eigenvalue weighted by molar-refractivity contribution is 0.0931. The maximum atomic E-state index is 12.4. The number of rotatable bonds is 8. The molecule has 1 N–H and O–H groups in total. The van der Waals surface area contributed by atoms with Crippen LogP contribution in [0.3, 0.4) is 0 Å². The Bertz CT molecular complexity index is 970. The molecule has 0 atom stereocenters. The van der Waals surface area contributed by atoms with E-state index in [0.29, 0.717) is 51.8 Å². The highest BCUT2D eigenvalue weighted by Gasteiger charge is 2.13. The van der Waals surface area contributed by atoms with E-state index in [1.807, 2.05) is 12.1 Å². The van der Waals surface area contributed by atoms with Gasteiger partial charge in [0.25, 0.3) is 5.91 Å². The summed E-state index contributed by atoms with van der Waals surface area (Å²) in [4.78, 5) is 12.4. The molecule has 0 fully saturated rings. The van der Waals surface area contributed by atoms with Gasteiger partial charge in [0.05, 0.1) is 10.7 Å². The molecule has 0 saturated carbocycles. The molecule has 0 bridgehead atoms. The quantitative estimate of drug-likeness (QED) is 0.531. The summed E-state index contributed by atoms with van der Waals surface area (Å²) in [5.74, 6) is 0.275. The fourth-order valence-electron chi connectivity index (χ4n) is 2.52. The summed E-state index contributed by atoms with van der Waals surface area (Å²) in [5, 5.41) is 12.6. The number of hydrogen-bond donors (Lipinski definition) is 1. The fourth-order valence-corrected chi connectivity index (χ4v) is 3.11. The zero-order valence-electron chi connectivity index (χ0n) is 15.0. The number of aromatic nitrogens is 4. The zero-order chi connectivity index (χ0) is 20.1. The van der Waals surface area contributed by atoms with Crippen LogP contribution >= 0.6 is 34.8 Å². The van der Waals surface area contributed by atoms with Gasteiger partial charge in [-0.05, 0) is 31.5 Å². The van der Waals surface area contributed by atoms with Gasteiger partial charge in [-0.15, -0.1) is 0 Å². The van der Waals surface area contributed by atoms with Crippen molar-refractivity contribution in [3.8, 4) is 5.75 Å². The lowest BCUT2D eigenvalue weighted by Crippen LogP contribution is -2.28. The van der Waals surface area contributed by atoms with Crippen molar-refractivity contribution < 1.29 is 9.53 Å². The second-order valence-corrected chi connectivity index (χ2v) is 7.09. The summed E-state index contributed by atoms with van der Waals surface area (Å²) >= 11 is 18.2. The van der Waals surface area contributed by atoms with Crippen molar-refractivity contribution in [1.82, 2.24) is 24.9 Å². The normalized spacial score (nSPS) is 10.9. The molecular formula is C18H18Cl3N5O2. The van der Waals surface area contributed by atoms with Crippen molar-refractivity contribution in [3.63, 3.8) is 0 Å². The Morgan fingerprint density at radius 3 is 2.68 bits per heavy atom. The zero-order valence-corrected chi connectivity index (χ0v) is 17.3. The second kappa shape index (κ2) is 9.32. The number of carbonyl (C=O) groups is 1. The molecule has 0 unspecified atom stereocenters. The van der Waals surface area contributed by atoms with Gasteiger partial charge in [-0.3, -0.25) is 9.48 Å². The number of amides is 1. The lowest BCUT2D eigenvalue weighted by Gasteiger charge is -2.11. The molecule has 3 aromatic rings. The minimum atomic E-state index is -0.249. The maximum Gasteiger partial charge on any atom is 0.269 e. The number of hydrogen-bond acceptors (Lipinski definition) is 4. The highest BCUT2D eigenvalue weighted by molar-refractivity contribution is 6.41. The first-order valence-corrected chi connectivity index (χ1v) is 9.66. The predicted molar refractivity (Wildman–Crippen MR) is 108 cm³/mol. The highest BCUT2D eigenvalue weighted by atomic mass is 35.5. The van der Waals surface area contributed by atoms with Gasteiger partial charge in [0.1, 0.15) is 21.6 Å². The van der Waals surface area contributed by atoms with Crippen LogP contribution < -0.4 is 10.1 Å². The van der Waals surface area contributed by atoms with E-state index in [1.165, 1.54) is 4.68 Å². The Balaban J connectivity index is 1.50. The molecule has 0 saturated heterocycles. The number of para-hydroxylation sites is 1. The largest absolute Gasteiger partial charge is 0.470 e. The predicted octanol–water partition coefficient (Wildman–Crippen LogP) is 4.20. The molecule has 2 aromatic heterocycles. The van der Waals surface area contributed by atoms with Crippen LogP contribution in [0.5, 0.6) is 5.75 Å². The number of benzene rings is 1. The molecule has 3 rings (SSSR count). The molecule has 0 aliphatic carbocycles. The van der Waals surface area contributed by atoms with Gasteiger partial charge >= 0.3 is 0 Å². The second-order valence-electron chi connectivity index (χ2n) is 5.94. The van der Waals surface area contributed by atoms with Crippen LogP contribution in [0.25, 0.3) is 0 Å². The van der Waals surface area contributed by atoms with Crippen LogP contribution in [0.2, 0.25) is 15.2 Å². The molecule has 0 aliphatic rings. The van der Waals surface area contributed by atoms with Gasteiger partial charge in [0, 0.05) is 19.3 Å². The summed E-state index contributed by atoms with van der Waals surface area (Å²) in [6.45, 7) is 2.85. The molecule has 148 valence electrons. The first-order valence-electron chi connectivity index (χ1n) is 8.53. The van der Waals surface area contributed by atoms with Crippen molar-refractivity contribution in [3.05, 3.63) is 63.1 Å². The van der Waals surface area contributed by atoms with Crippen LogP contribution in [0.15, 0.2) is 36.5 Å². The molecule has 10 heteroatoms. The Hall–Kier alpha value is -2.22. The molecule has 7 nitrogen and oxygen atoms in total. The van der Waals surface area contributed by atoms with E-state index in [0.717, 1.165) is 0 Å². The Labute approximate surface area is 177 Å². The van der Waals surface area contributed by atoms with Gasteiger partial charge < -0.3 is 10.1 Å². The van der Waals surface area contributed by atoms with Gasteiger partial charge in [0.2, 0.25) is 0 Å². The van der Waals surface area contributed by atoms with E-state index in [2.05, 4.69) is 15.5 Å². The third-order valence-electron chi connectivity index (χ3n) is 3.96. The average Bonchev–Trinajstić information content (AvgIpc) is 3.25. The number of halogens is 3. The van der Waals surface area contributed by atoms with Crippen LogP contribution in [-0.2, 0) is 13.3 Å². The molecule has 2 heterocycles. The smallest absolute Gasteiger partial charge is 0.269 e. The SMILES string of the molecule is Cc1nn(CCCNC(=O)c2ccnn2COc2ccccc2Cl)c(Cl)c1Cl. The highest BCUT2D eigenvalue weighted by Crippen LogP contribution is 2.25. The Kier molecular flexibility index (Phi) is 6.83. The standard InChI is InChI=1S/C18H18Cl3N5O2/c1-12-16(20)17(21)25(24-12)10-4-8-22-18(27)14-7-9-23-26(14)11-28-15-6-3-2-5-13(15)19/h2-3,5-7,9H,4,8,10-11H2,1H3,(H,22,27). The molecule has 28 heavy (non-hydrogen) atoms. The molecular weight excluding hydrogens is 425 g/mol. The topological polar surface area (TPSA) is 74.0 Å². The first kappa shape index (κ1) is 20.5. The van der Waals surface area contributed by atoms with E-state index in [4.69, 9.17) is 39.5 Å². The van der Waals surface area contributed by atoms with Crippen molar-refractivity contribution in [2.24, 2.45) is 0 Å². The van der Waals surface area contributed by atoms with E-state index in [9.17, 15) is 4.79 Å². The monoisotopic (exact) mass is 441 g/mol. The summed E-state index contributed by atoms with van der Waals surface area (Å²) < 4.78 is 8.71. The van der Waals surface area contributed by atoms with Crippen LogP contribution in [0.4, 0.5) is 0 Å². The van der Waals surface area contributed by atoms with Gasteiger partial charge in [-0.2, -0.15) is 10.2 Å². The number of carbonyl (C=O) groups excluding carboxylic acids is 1. The average molecular weight is 443 g/mol. The van der Waals surface area contributed by atoms with Crippen LogP contribution in [-0.4, -0.2) is 32.0 Å². The van der Waals surface area contributed by atoms with Crippen LogP contribution in [0, 0.1) is 6.92 Å². The van der Waals surface area contributed by atoms with E-state index < -0.39 is 0 Å². The summed E-state index contributed by atoms with van der Waals surface area (Å²) in [7, 11) is 0. The summed E-state index contributed by atoms with van der Waals surface area (Å²) in [5.41, 5.74) is 1.07. The number of ether oxygens (including phenoxy) is 1. The molecule has 1 amide bonds. The van der Waals surface area contributed by atoms with Crippen molar-refractivity contribution in [2.75, 3.05) is 6.54 Å². The maximum absolute atomic E-state index is 12.4. The third kappa shape index (κ3) is 4.79. The van der Waals surface area contributed by atoms with E-state index in [-0.39, 0.29) is 12.6 Å². The minimum absolute atomic E-state index is 0.0696. The Morgan fingerprint density at radius 2 is 1.96 bits per heavy atom. The first-order chi connectivity index (χ1) is 13.5. The van der Waals surface area contributed by atoms with Crippen molar-refractivity contribution in [1.29, 1.82) is 0 Å². The number of nitrogens with zero attached hydrogens (tertiary/aromatic N) is 4. The fraction of sp³-hybridized carbons (Fsp3) is 0.278. The molecule has 0 radical (unpaired) electrons. The van der Waals surface area contributed by atoms with E-state index >= 15 is 0 Å². The van der Waals surface area contributed by atoms with Gasteiger partial charge in [-0.1, -0.05) is 46.9 Å². The third-order valence-corrected chi connectivity index (χ3v) is 5.20. The van der Waals surface area contributed by atoms with Gasteiger partial charge in [0.15, 0.2) is 6.73 Å². The van der Waals surface area contributed by atoms with Crippen molar-refractivity contribution >= 4 is 40.7 Å². The summed E-state index contributed by atoms with van der Waals surface area (Å²) in [6.07, 6.45) is 2.19. The number of aryl methyl sites for hydroxylation is 2. The summed E-state index contributed by atoms with van der Waals surface area (Å²) in [6, 6.07) is 8.74. The lowest BCUT2D eigenvalue weighted by atomic mass is 10.3. The molecule has 0 spiro atoms. The van der Waals surface area contributed by atoms with Crippen molar-refractivity contribution in [2.45, 2.75) is 26.6 Å². The van der Waals surface area contributed by atoms with Crippen LogP contribution in [0.1, 0.15) is 22.6 Å². The van der Waals surface area contributed by atoms with Gasteiger partial charge in [-0.25, -0.2) is 4.68 Å². The molecule has 0 aliphatic heterocycles.